The standard InChI is InChI=1S/C21H22N4O2/c26-21(20-23-22-19(27-20)15-17-7-3-1-4-8-17)25-13-11-24(12-14-25)16-18-9-5-2-6-10-18/h1-10H,11-16H2. The van der Waals surface area contributed by atoms with Gasteiger partial charge in [0, 0.05) is 32.7 Å². The van der Waals surface area contributed by atoms with Gasteiger partial charge in [-0.15, -0.1) is 10.2 Å². The van der Waals surface area contributed by atoms with Crippen LogP contribution in [0.1, 0.15) is 27.7 Å². The highest BCUT2D eigenvalue weighted by Gasteiger charge is 2.26. The Morgan fingerprint density at radius 1 is 0.852 bits per heavy atom. The zero-order chi connectivity index (χ0) is 18.5. The van der Waals surface area contributed by atoms with Crippen molar-refractivity contribution in [2.45, 2.75) is 13.0 Å². The first-order chi connectivity index (χ1) is 13.3. The van der Waals surface area contributed by atoms with Crippen molar-refractivity contribution < 1.29 is 9.21 Å². The van der Waals surface area contributed by atoms with Crippen LogP contribution in [0.2, 0.25) is 0 Å². The van der Waals surface area contributed by atoms with E-state index in [-0.39, 0.29) is 11.8 Å². The lowest BCUT2D eigenvalue weighted by atomic mass is 10.2. The van der Waals surface area contributed by atoms with E-state index in [1.54, 1.807) is 4.90 Å². The molecule has 1 aromatic heterocycles. The monoisotopic (exact) mass is 362 g/mol. The third-order valence-corrected chi connectivity index (χ3v) is 4.76. The number of benzene rings is 2. The highest BCUT2D eigenvalue weighted by molar-refractivity contribution is 5.89. The van der Waals surface area contributed by atoms with E-state index in [2.05, 4.69) is 39.4 Å². The van der Waals surface area contributed by atoms with Gasteiger partial charge in [-0.25, -0.2) is 0 Å². The average molecular weight is 362 g/mol. The van der Waals surface area contributed by atoms with Crippen molar-refractivity contribution in [3.63, 3.8) is 0 Å². The van der Waals surface area contributed by atoms with Gasteiger partial charge in [-0.2, -0.15) is 0 Å². The SMILES string of the molecule is O=C(c1nnc(Cc2ccccc2)o1)N1CCN(Cc2ccccc2)CC1. The largest absolute Gasteiger partial charge is 0.417 e. The quantitative estimate of drug-likeness (QED) is 0.698. The second kappa shape index (κ2) is 8.14. The molecule has 0 N–H and O–H groups in total. The summed E-state index contributed by atoms with van der Waals surface area (Å²) in [6.45, 7) is 3.92. The minimum absolute atomic E-state index is 0.0810. The van der Waals surface area contributed by atoms with E-state index in [4.69, 9.17) is 4.42 Å². The molecule has 1 aliphatic heterocycles. The van der Waals surface area contributed by atoms with Gasteiger partial charge >= 0.3 is 11.8 Å². The molecule has 0 unspecified atom stereocenters. The number of hydrogen-bond donors (Lipinski definition) is 0. The molecule has 3 aromatic rings. The van der Waals surface area contributed by atoms with Crippen molar-refractivity contribution in [3.05, 3.63) is 83.6 Å². The molecule has 27 heavy (non-hydrogen) atoms. The first-order valence-corrected chi connectivity index (χ1v) is 9.20. The molecule has 1 aliphatic rings. The van der Waals surface area contributed by atoms with Crippen molar-refractivity contribution in [2.75, 3.05) is 26.2 Å². The summed E-state index contributed by atoms with van der Waals surface area (Å²) in [4.78, 5) is 16.8. The van der Waals surface area contributed by atoms with Gasteiger partial charge in [-0.1, -0.05) is 60.7 Å². The maximum Gasteiger partial charge on any atom is 0.311 e. The Kier molecular flexibility index (Phi) is 5.25. The molecule has 2 aromatic carbocycles. The average Bonchev–Trinajstić information content (AvgIpc) is 3.18. The Morgan fingerprint density at radius 2 is 1.48 bits per heavy atom. The Balaban J connectivity index is 1.32. The lowest BCUT2D eigenvalue weighted by Gasteiger charge is -2.34. The predicted octanol–water partition coefficient (Wildman–Crippen LogP) is 2.62. The van der Waals surface area contributed by atoms with Crippen molar-refractivity contribution in [2.24, 2.45) is 0 Å². The molecule has 6 nitrogen and oxygen atoms in total. The molecule has 0 saturated carbocycles. The van der Waals surface area contributed by atoms with E-state index in [1.807, 2.05) is 36.4 Å². The zero-order valence-electron chi connectivity index (χ0n) is 15.1. The summed E-state index contributed by atoms with van der Waals surface area (Å²) in [5.74, 6) is 0.367. The molecular weight excluding hydrogens is 340 g/mol. The highest BCUT2D eigenvalue weighted by atomic mass is 16.4. The highest BCUT2D eigenvalue weighted by Crippen LogP contribution is 2.13. The third kappa shape index (κ3) is 4.41. The van der Waals surface area contributed by atoms with Crippen LogP contribution in [-0.4, -0.2) is 52.1 Å². The molecule has 0 bridgehead atoms. The summed E-state index contributed by atoms with van der Waals surface area (Å²) >= 11 is 0. The number of amides is 1. The molecule has 0 aliphatic carbocycles. The topological polar surface area (TPSA) is 62.5 Å². The number of hydrogen-bond acceptors (Lipinski definition) is 5. The van der Waals surface area contributed by atoms with Gasteiger partial charge in [0.05, 0.1) is 6.42 Å². The molecular formula is C21H22N4O2. The molecule has 0 radical (unpaired) electrons. The van der Waals surface area contributed by atoms with E-state index in [0.29, 0.717) is 25.4 Å². The molecule has 0 atom stereocenters. The summed E-state index contributed by atoms with van der Waals surface area (Å²) < 4.78 is 5.60. The summed E-state index contributed by atoms with van der Waals surface area (Å²) in [6, 6.07) is 20.3. The second-order valence-corrected chi connectivity index (χ2v) is 6.72. The fraction of sp³-hybridized carbons (Fsp3) is 0.286. The van der Waals surface area contributed by atoms with Crippen molar-refractivity contribution >= 4 is 5.91 Å². The van der Waals surface area contributed by atoms with Crippen LogP contribution in [0.15, 0.2) is 65.1 Å². The van der Waals surface area contributed by atoms with Gasteiger partial charge in [0.1, 0.15) is 0 Å². The Morgan fingerprint density at radius 3 is 2.15 bits per heavy atom. The van der Waals surface area contributed by atoms with Crippen molar-refractivity contribution in [1.29, 1.82) is 0 Å². The van der Waals surface area contributed by atoms with Gasteiger partial charge in [-0.05, 0) is 11.1 Å². The van der Waals surface area contributed by atoms with Gasteiger partial charge < -0.3 is 9.32 Å². The van der Waals surface area contributed by atoms with Gasteiger partial charge in [0.15, 0.2) is 0 Å². The number of aromatic nitrogens is 2. The minimum Gasteiger partial charge on any atom is -0.417 e. The normalized spacial score (nSPS) is 15.0. The molecule has 2 heterocycles. The van der Waals surface area contributed by atoms with Crippen LogP contribution in [0.25, 0.3) is 0 Å². The number of rotatable bonds is 5. The lowest BCUT2D eigenvalue weighted by molar-refractivity contribution is 0.0588. The number of carbonyl (C=O) groups excluding carboxylic acids is 1. The molecule has 0 spiro atoms. The molecule has 1 fully saturated rings. The third-order valence-electron chi connectivity index (χ3n) is 4.76. The maximum absolute atomic E-state index is 12.6. The van der Waals surface area contributed by atoms with E-state index < -0.39 is 0 Å². The first-order valence-electron chi connectivity index (χ1n) is 9.20. The van der Waals surface area contributed by atoms with E-state index in [0.717, 1.165) is 25.2 Å². The molecule has 4 rings (SSSR count). The van der Waals surface area contributed by atoms with Crippen LogP contribution in [0.5, 0.6) is 0 Å². The van der Waals surface area contributed by atoms with Crippen LogP contribution in [0.4, 0.5) is 0 Å². The van der Waals surface area contributed by atoms with Gasteiger partial charge in [0.25, 0.3) is 0 Å². The number of carbonyl (C=O) groups is 1. The fourth-order valence-corrected chi connectivity index (χ4v) is 3.27. The Hall–Kier alpha value is -2.99. The van der Waals surface area contributed by atoms with Crippen LogP contribution in [0, 0.1) is 0 Å². The Labute approximate surface area is 158 Å². The van der Waals surface area contributed by atoms with Crippen LogP contribution < -0.4 is 0 Å². The molecule has 1 amide bonds. The predicted molar refractivity (Wildman–Crippen MR) is 101 cm³/mol. The van der Waals surface area contributed by atoms with Gasteiger partial charge in [-0.3, -0.25) is 9.69 Å². The van der Waals surface area contributed by atoms with Crippen LogP contribution in [0.3, 0.4) is 0 Å². The number of nitrogens with zero attached hydrogens (tertiary/aromatic N) is 4. The first kappa shape index (κ1) is 17.4. The van der Waals surface area contributed by atoms with Crippen molar-refractivity contribution in [3.8, 4) is 0 Å². The van der Waals surface area contributed by atoms with Crippen molar-refractivity contribution in [1.82, 2.24) is 20.0 Å². The molecule has 1 saturated heterocycles. The summed E-state index contributed by atoms with van der Waals surface area (Å²) in [5.41, 5.74) is 2.37. The van der Waals surface area contributed by atoms with Gasteiger partial charge in [0.2, 0.25) is 5.89 Å². The van der Waals surface area contributed by atoms with E-state index in [9.17, 15) is 4.79 Å². The summed E-state index contributed by atoms with van der Waals surface area (Å²) in [7, 11) is 0. The smallest absolute Gasteiger partial charge is 0.311 e. The maximum atomic E-state index is 12.6. The zero-order valence-corrected chi connectivity index (χ0v) is 15.1. The lowest BCUT2D eigenvalue weighted by Crippen LogP contribution is -2.48. The summed E-state index contributed by atoms with van der Waals surface area (Å²) in [5, 5.41) is 7.98. The summed E-state index contributed by atoms with van der Waals surface area (Å²) in [6.07, 6.45) is 0.534. The van der Waals surface area contributed by atoms with E-state index in [1.165, 1.54) is 5.56 Å². The number of piperazine rings is 1. The minimum atomic E-state index is -0.179. The molecule has 138 valence electrons. The van der Waals surface area contributed by atoms with Crippen LogP contribution in [-0.2, 0) is 13.0 Å². The second-order valence-electron chi connectivity index (χ2n) is 6.72. The van der Waals surface area contributed by atoms with Crippen LogP contribution >= 0.6 is 0 Å². The Bertz CT molecular complexity index is 871. The molecule has 6 heteroatoms. The van der Waals surface area contributed by atoms with E-state index >= 15 is 0 Å². The fourth-order valence-electron chi connectivity index (χ4n) is 3.27.